The number of benzene rings is 1. The summed E-state index contributed by atoms with van der Waals surface area (Å²) >= 11 is 7.17. The smallest absolute Gasteiger partial charge is 0.328 e. The van der Waals surface area contributed by atoms with Crippen LogP contribution in [0.4, 0.5) is 0 Å². The highest BCUT2D eigenvalue weighted by Crippen LogP contribution is 2.46. The van der Waals surface area contributed by atoms with Gasteiger partial charge in [0.05, 0.1) is 25.4 Å². The number of likely N-dealkylation sites (tertiary alicyclic amines) is 1. The lowest BCUT2D eigenvalue weighted by Crippen LogP contribution is -2.34. The Morgan fingerprint density at radius 3 is 2.92 bits per heavy atom. The Balaban J connectivity index is 0.00000267. The van der Waals surface area contributed by atoms with Crippen molar-refractivity contribution in [1.82, 2.24) is 24.4 Å². The number of fused-ring (bicyclic) bond motifs is 6. The van der Waals surface area contributed by atoms with E-state index in [9.17, 15) is 9.59 Å². The Morgan fingerprint density at radius 2 is 2.08 bits per heavy atom. The molecule has 0 amide bonds. The van der Waals surface area contributed by atoms with Crippen LogP contribution in [0.1, 0.15) is 24.3 Å². The topological polar surface area (TPSA) is 102 Å². The number of H-pyrrole nitrogens is 1. The molecule has 0 bridgehead atoms. The van der Waals surface area contributed by atoms with Crippen LogP contribution in [0.5, 0.6) is 11.5 Å². The molecule has 4 aromatic rings. The number of rotatable bonds is 6. The fourth-order valence-corrected chi connectivity index (χ4v) is 6.47. The van der Waals surface area contributed by atoms with Crippen molar-refractivity contribution in [3.05, 3.63) is 56.0 Å². The van der Waals surface area contributed by atoms with Gasteiger partial charge in [-0.05, 0) is 31.5 Å². The van der Waals surface area contributed by atoms with Crippen LogP contribution in [0.2, 0.25) is 5.15 Å². The van der Waals surface area contributed by atoms with Crippen molar-refractivity contribution in [2.45, 2.75) is 25.3 Å². The van der Waals surface area contributed by atoms with Gasteiger partial charge in [-0.3, -0.25) is 9.36 Å². The van der Waals surface area contributed by atoms with E-state index < -0.39 is 5.69 Å². The summed E-state index contributed by atoms with van der Waals surface area (Å²) in [6.45, 7) is 3.91. The molecule has 0 radical (unpaired) electrons. The number of hydrogen-bond acceptors (Lipinski definition) is 8. The van der Waals surface area contributed by atoms with Crippen molar-refractivity contribution < 1.29 is 9.47 Å². The predicted molar refractivity (Wildman–Crippen MR) is 142 cm³/mol. The normalized spacial score (nSPS) is 19.1. The van der Waals surface area contributed by atoms with Gasteiger partial charge in [-0.15, -0.1) is 23.7 Å². The first-order valence-corrected chi connectivity index (χ1v) is 12.8. The maximum atomic E-state index is 13.0. The third kappa shape index (κ3) is 4.26. The van der Waals surface area contributed by atoms with Crippen molar-refractivity contribution >= 4 is 55.9 Å². The van der Waals surface area contributed by atoms with Crippen molar-refractivity contribution in [2.24, 2.45) is 5.92 Å². The molecule has 190 valence electrons. The van der Waals surface area contributed by atoms with Gasteiger partial charge >= 0.3 is 5.69 Å². The number of nitrogens with zero attached hydrogens (tertiary/aromatic N) is 4. The van der Waals surface area contributed by atoms with E-state index in [1.165, 1.54) is 27.7 Å². The van der Waals surface area contributed by atoms with Crippen LogP contribution >= 0.6 is 35.3 Å². The van der Waals surface area contributed by atoms with Crippen LogP contribution in [0.15, 0.2) is 34.0 Å². The first-order chi connectivity index (χ1) is 17.0. The van der Waals surface area contributed by atoms with Gasteiger partial charge in [-0.2, -0.15) is 0 Å². The molecule has 36 heavy (non-hydrogen) atoms. The number of aromatic amines is 1. The highest BCUT2D eigenvalue weighted by Gasteiger charge is 2.40. The maximum absolute atomic E-state index is 13.0. The number of unbranched alkanes of at least 4 members (excludes halogenated alkanes) is 1. The number of methoxy groups -OCH3 is 1. The minimum atomic E-state index is -0.433. The van der Waals surface area contributed by atoms with Gasteiger partial charge in [-0.1, -0.05) is 17.7 Å². The minimum absolute atomic E-state index is 0. The second-order valence-electron chi connectivity index (χ2n) is 9.06. The highest BCUT2D eigenvalue weighted by atomic mass is 35.5. The zero-order valence-corrected chi connectivity index (χ0v) is 21.9. The molecular weight excluding hydrogens is 525 g/mol. The third-order valence-electron chi connectivity index (χ3n) is 6.98. The zero-order chi connectivity index (χ0) is 24.1. The SMILES string of the molecule is COc1cccc2c1[C@H]1CN(CCCCn3c(=O)[nH]c4c(sc5ncc(Cl)nc54)c3=O)C[C@@H]1CO2.Cl. The third-order valence-corrected chi connectivity index (χ3v) is 8.24. The van der Waals surface area contributed by atoms with Crippen LogP contribution in [0, 0.1) is 5.92 Å². The molecule has 9 nitrogen and oxygen atoms in total. The van der Waals surface area contributed by atoms with Gasteiger partial charge in [-0.25, -0.2) is 14.8 Å². The molecule has 0 unspecified atom stereocenters. The van der Waals surface area contributed by atoms with Crippen LogP contribution < -0.4 is 20.7 Å². The largest absolute Gasteiger partial charge is 0.496 e. The molecule has 0 aliphatic carbocycles. The van der Waals surface area contributed by atoms with E-state index >= 15 is 0 Å². The molecule has 3 aromatic heterocycles. The van der Waals surface area contributed by atoms with Crippen molar-refractivity contribution in [2.75, 3.05) is 33.4 Å². The Morgan fingerprint density at radius 1 is 1.25 bits per heavy atom. The lowest BCUT2D eigenvalue weighted by Gasteiger charge is -2.29. The molecule has 2 aliphatic rings. The molecule has 2 aliphatic heterocycles. The maximum Gasteiger partial charge on any atom is 0.328 e. The van der Waals surface area contributed by atoms with E-state index in [0.717, 1.165) is 50.6 Å². The Labute approximate surface area is 221 Å². The summed E-state index contributed by atoms with van der Waals surface area (Å²) in [5.41, 5.74) is 1.30. The first-order valence-electron chi connectivity index (χ1n) is 11.6. The molecule has 1 N–H and O–H groups in total. The Kier molecular flexibility index (Phi) is 6.95. The number of halogens is 2. The lowest BCUT2D eigenvalue weighted by molar-refractivity contribution is 0.209. The number of ether oxygens (including phenoxy) is 2. The molecule has 2 atom stereocenters. The molecule has 1 fully saturated rings. The fourth-order valence-electron chi connectivity index (χ4n) is 5.34. The van der Waals surface area contributed by atoms with E-state index in [0.29, 0.717) is 38.9 Å². The van der Waals surface area contributed by atoms with E-state index in [1.54, 1.807) is 7.11 Å². The summed E-state index contributed by atoms with van der Waals surface area (Å²) in [7, 11) is 1.70. The predicted octanol–water partition coefficient (Wildman–Crippen LogP) is 3.67. The summed E-state index contributed by atoms with van der Waals surface area (Å²) in [5.74, 6) is 2.65. The molecular formula is C24H25Cl2N5O4S. The van der Waals surface area contributed by atoms with Crippen LogP contribution in [-0.4, -0.2) is 57.8 Å². The van der Waals surface area contributed by atoms with Crippen molar-refractivity contribution in [3.8, 4) is 11.5 Å². The van der Waals surface area contributed by atoms with Gasteiger partial charge in [0.2, 0.25) is 0 Å². The van der Waals surface area contributed by atoms with Gasteiger partial charge in [0.25, 0.3) is 5.56 Å². The van der Waals surface area contributed by atoms with E-state index in [4.69, 9.17) is 21.1 Å². The molecule has 1 aromatic carbocycles. The summed E-state index contributed by atoms with van der Waals surface area (Å²) in [6, 6.07) is 5.98. The summed E-state index contributed by atoms with van der Waals surface area (Å²) in [6.07, 6.45) is 3.04. The average molecular weight is 550 g/mol. The monoisotopic (exact) mass is 549 g/mol. The van der Waals surface area contributed by atoms with E-state index in [-0.39, 0.29) is 23.1 Å². The van der Waals surface area contributed by atoms with Crippen molar-refractivity contribution in [3.63, 3.8) is 0 Å². The highest BCUT2D eigenvalue weighted by molar-refractivity contribution is 7.25. The minimum Gasteiger partial charge on any atom is -0.496 e. The van der Waals surface area contributed by atoms with Gasteiger partial charge in [0, 0.05) is 37.0 Å². The lowest BCUT2D eigenvalue weighted by atomic mass is 9.86. The number of aromatic nitrogens is 4. The summed E-state index contributed by atoms with van der Waals surface area (Å²) < 4.78 is 13.3. The second kappa shape index (κ2) is 10.0. The van der Waals surface area contributed by atoms with E-state index in [1.807, 2.05) is 18.2 Å². The number of thiophene rings is 1. The van der Waals surface area contributed by atoms with Gasteiger partial charge in [0.15, 0.2) is 0 Å². The summed E-state index contributed by atoms with van der Waals surface area (Å²) in [5, 5.41) is 0.220. The van der Waals surface area contributed by atoms with Crippen LogP contribution in [0.25, 0.3) is 20.6 Å². The second-order valence-corrected chi connectivity index (χ2v) is 10.4. The van der Waals surface area contributed by atoms with Crippen LogP contribution in [-0.2, 0) is 6.54 Å². The molecule has 1 saturated heterocycles. The quantitative estimate of drug-likeness (QED) is 0.366. The Bertz CT molecular complexity index is 1540. The standard InChI is InChI=1S/C24H24ClN5O4S.ClH/c1-33-15-5-4-6-16-18(15)14-11-29(10-13(14)12-34-16)7-2-3-8-30-23(31)21-19(28-24(30)32)20-22(35-21)26-9-17(25)27-20;/h4-6,9,13-14H,2-3,7-8,10-12H2,1H3,(H,28,32);1H/t13-,14+;/m1./s1. The first kappa shape index (κ1) is 25.0. The summed E-state index contributed by atoms with van der Waals surface area (Å²) in [4.78, 5) is 40.0. The molecule has 12 heteroatoms. The zero-order valence-electron chi connectivity index (χ0n) is 19.5. The van der Waals surface area contributed by atoms with Crippen molar-refractivity contribution in [1.29, 1.82) is 0 Å². The Hall–Kier alpha value is -2.66. The molecule has 0 spiro atoms. The number of hydrogen-bond donors (Lipinski definition) is 1. The van der Waals surface area contributed by atoms with E-state index in [2.05, 4.69) is 19.9 Å². The van der Waals surface area contributed by atoms with Gasteiger partial charge < -0.3 is 19.4 Å². The average Bonchev–Trinajstić information content (AvgIpc) is 3.44. The molecule has 5 heterocycles. The van der Waals surface area contributed by atoms with Crippen LogP contribution in [0.3, 0.4) is 0 Å². The number of nitrogens with one attached hydrogen (secondary N) is 1. The molecule has 0 saturated carbocycles. The molecule has 6 rings (SSSR count). The van der Waals surface area contributed by atoms with Gasteiger partial charge in [0.1, 0.15) is 31.7 Å². The fraction of sp³-hybridized carbons (Fsp3) is 0.417.